The molecule has 1 fully saturated rings. The number of rotatable bonds is 2. The zero-order chi connectivity index (χ0) is 14.7. The van der Waals surface area contributed by atoms with Gasteiger partial charge < -0.3 is 0 Å². The van der Waals surface area contributed by atoms with Gasteiger partial charge in [-0.3, -0.25) is 0 Å². The molecule has 2 nitrogen and oxygen atoms in total. The van der Waals surface area contributed by atoms with Gasteiger partial charge in [0, 0.05) is 10.8 Å². The second-order valence-corrected chi connectivity index (χ2v) is 6.98. The Morgan fingerprint density at radius 2 is 1.24 bits per heavy atom. The van der Waals surface area contributed by atoms with E-state index in [-0.39, 0.29) is 16.4 Å². The summed E-state index contributed by atoms with van der Waals surface area (Å²) in [6.45, 7) is 6.98. The lowest BCUT2D eigenvalue weighted by Gasteiger charge is -2.36. The first kappa shape index (κ1) is 12.8. The molecule has 1 saturated carbocycles. The molecule has 1 aliphatic carbocycles. The van der Waals surface area contributed by atoms with Crippen molar-refractivity contribution < 1.29 is 0 Å². The Bertz CT molecular complexity index is 663. The minimum Gasteiger partial charge on any atom is -0.188 e. The van der Waals surface area contributed by atoms with E-state index < -0.39 is 0 Å². The molecule has 0 bridgehead atoms. The van der Waals surface area contributed by atoms with E-state index in [1.807, 2.05) is 0 Å². The molecule has 0 aromatic heterocycles. The molecule has 0 N–H and O–H groups in total. The Morgan fingerprint density at radius 3 is 1.62 bits per heavy atom. The number of hydrogen-bond acceptors (Lipinski definition) is 2. The van der Waals surface area contributed by atoms with Crippen molar-refractivity contribution in [3.63, 3.8) is 0 Å². The molecule has 4 rings (SSSR count). The fraction of sp³-hybridized carbons (Fsp3) is 0.368. The van der Waals surface area contributed by atoms with E-state index in [1.54, 1.807) is 0 Å². The van der Waals surface area contributed by atoms with Crippen LogP contribution < -0.4 is 0 Å². The van der Waals surface area contributed by atoms with Crippen LogP contribution in [0.25, 0.3) is 0 Å². The van der Waals surface area contributed by atoms with Crippen LogP contribution in [0.1, 0.15) is 31.9 Å². The molecule has 0 radical (unpaired) electrons. The first-order valence-electron chi connectivity index (χ1n) is 7.58. The van der Waals surface area contributed by atoms with Gasteiger partial charge in [-0.2, -0.15) is 10.2 Å². The van der Waals surface area contributed by atoms with E-state index in [9.17, 15) is 0 Å². The highest BCUT2D eigenvalue weighted by Crippen LogP contribution is 2.78. The predicted octanol–water partition coefficient (Wildman–Crippen LogP) is 4.81. The molecule has 2 aromatic rings. The summed E-state index contributed by atoms with van der Waals surface area (Å²) in [6.07, 6.45) is 0. The van der Waals surface area contributed by atoms with Crippen molar-refractivity contribution in [2.24, 2.45) is 21.1 Å². The number of hydrogen-bond donors (Lipinski definition) is 0. The van der Waals surface area contributed by atoms with Crippen LogP contribution in [0.15, 0.2) is 70.9 Å². The van der Waals surface area contributed by atoms with Gasteiger partial charge in [0.2, 0.25) is 0 Å². The van der Waals surface area contributed by atoms with E-state index in [0.29, 0.717) is 6.04 Å². The third kappa shape index (κ3) is 1.29. The lowest BCUT2D eigenvalue weighted by atomic mass is 9.69. The summed E-state index contributed by atoms with van der Waals surface area (Å²) in [5.74, 6) is 0. The van der Waals surface area contributed by atoms with Crippen LogP contribution in [0.3, 0.4) is 0 Å². The second-order valence-electron chi connectivity index (χ2n) is 6.98. The van der Waals surface area contributed by atoms with Crippen LogP contribution in [0.5, 0.6) is 0 Å². The maximum Gasteiger partial charge on any atom is 0.139 e. The highest BCUT2D eigenvalue weighted by Gasteiger charge is 2.81. The van der Waals surface area contributed by atoms with Gasteiger partial charge in [0.05, 0.1) is 6.04 Å². The standard InChI is InChI=1S/C19H20N2/c1-17(2)16-18(17,3)19(21-20-16,14-10-6-4-7-11-14)15-12-8-5-9-13-15/h4-13,16H,1-3H3. The van der Waals surface area contributed by atoms with E-state index in [0.717, 1.165) is 0 Å². The summed E-state index contributed by atoms with van der Waals surface area (Å²) in [6, 6.07) is 21.6. The monoisotopic (exact) mass is 276 g/mol. The molecule has 2 aliphatic rings. The van der Waals surface area contributed by atoms with Crippen molar-refractivity contribution in [3.8, 4) is 0 Å². The van der Waals surface area contributed by atoms with E-state index in [2.05, 4.69) is 86.5 Å². The van der Waals surface area contributed by atoms with Crippen LogP contribution in [0.2, 0.25) is 0 Å². The largest absolute Gasteiger partial charge is 0.188 e. The normalized spacial score (nSPS) is 30.9. The van der Waals surface area contributed by atoms with Gasteiger partial charge in [0.25, 0.3) is 0 Å². The number of fused-ring (bicyclic) bond motifs is 1. The lowest BCUT2D eigenvalue weighted by Crippen LogP contribution is -2.36. The van der Waals surface area contributed by atoms with Gasteiger partial charge in [-0.15, -0.1) is 0 Å². The van der Waals surface area contributed by atoms with E-state index >= 15 is 0 Å². The van der Waals surface area contributed by atoms with Crippen molar-refractivity contribution in [3.05, 3.63) is 71.8 Å². The molecule has 21 heavy (non-hydrogen) atoms. The van der Waals surface area contributed by atoms with Crippen molar-refractivity contribution in [1.29, 1.82) is 0 Å². The Balaban J connectivity index is 2.01. The molecule has 2 atom stereocenters. The lowest BCUT2D eigenvalue weighted by molar-refractivity contribution is 0.267. The Labute approximate surface area is 125 Å². The molecule has 1 aliphatic heterocycles. The fourth-order valence-corrected chi connectivity index (χ4v) is 4.36. The number of azo groups is 1. The molecule has 2 aromatic carbocycles. The average Bonchev–Trinajstić information content (AvgIpc) is 2.82. The molecular formula is C19H20N2. The fourth-order valence-electron chi connectivity index (χ4n) is 4.36. The van der Waals surface area contributed by atoms with Crippen LogP contribution in [-0.2, 0) is 5.54 Å². The highest BCUT2D eigenvalue weighted by molar-refractivity contribution is 5.50. The molecule has 106 valence electrons. The molecule has 1 heterocycles. The molecular weight excluding hydrogens is 256 g/mol. The Hall–Kier alpha value is -1.96. The summed E-state index contributed by atoms with van der Waals surface area (Å²) in [5, 5.41) is 9.50. The minimum atomic E-state index is -0.357. The van der Waals surface area contributed by atoms with Crippen molar-refractivity contribution in [1.82, 2.24) is 0 Å². The average molecular weight is 276 g/mol. The summed E-state index contributed by atoms with van der Waals surface area (Å²) in [5.41, 5.74) is 2.36. The molecule has 0 spiro atoms. The SMILES string of the molecule is CC1(C)C2N=NC(c3ccccc3)(c3ccccc3)C21C. The third-order valence-corrected chi connectivity index (χ3v) is 5.94. The van der Waals surface area contributed by atoms with Crippen LogP contribution in [0, 0.1) is 10.8 Å². The summed E-state index contributed by atoms with van der Waals surface area (Å²) in [7, 11) is 0. The smallest absolute Gasteiger partial charge is 0.139 e. The minimum absolute atomic E-state index is 0.0444. The summed E-state index contributed by atoms with van der Waals surface area (Å²) in [4.78, 5) is 0. The van der Waals surface area contributed by atoms with Crippen molar-refractivity contribution in [2.75, 3.05) is 0 Å². The van der Waals surface area contributed by atoms with Crippen LogP contribution >= 0.6 is 0 Å². The third-order valence-electron chi connectivity index (χ3n) is 5.94. The molecule has 2 heteroatoms. The van der Waals surface area contributed by atoms with E-state index in [1.165, 1.54) is 11.1 Å². The second kappa shape index (κ2) is 3.82. The van der Waals surface area contributed by atoms with Gasteiger partial charge in [0.1, 0.15) is 5.54 Å². The highest BCUT2D eigenvalue weighted by atomic mass is 15.3. The zero-order valence-electron chi connectivity index (χ0n) is 12.7. The van der Waals surface area contributed by atoms with Gasteiger partial charge >= 0.3 is 0 Å². The predicted molar refractivity (Wildman–Crippen MR) is 84.2 cm³/mol. The molecule has 2 unspecified atom stereocenters. The van der Waals surface area contributed by atoms with Crippen LogP contribution in [-0.4, -0.2) is 6.04 Å². The summed E-state index contributed by atoms with van der Waals surface area (Å²) < 4.78 is 0. The quantitative estimate of drug-likeness (QED) is 0.752. The van der Waals surface area contributed by atoms with Gasteiger partial charge in [-0.25, -0.2) is 0 Å². The number of benzene rings is 2. The topological polar surface area (TPSA) is 24.7 Å². The Kier molecular flexibility index (Phi) is 2.32. The van der Waals surface area contributed by atoms with Crippen LogP contribution in [0.4, 0.5) is 0 Å². The van der Waals surface area contributed by atoms with Crippen molar-refractivity contribution >= 4 is 0 Å². The van der Waals surface area contributed by atoms with Gasteiger partial charge in [-0.05, 0) is 11.1 Å². The number of nitrogens with zero attached hydrogens (tertiary/aromatic N) is 2. The zero-order valence-corrected chi connectivity index (χ0v) is 12.7. The maximum absolute atomic E-state index is 4.83. The Morgan fingerprint density at radius 1 is 0.762 bits per heavy atom. The van der Waals surface area contributed by atoms with Gasteiger partial charge in [0.15, 0.2) is 0 Å². The molecule has 0 amide bonds. The van der Waals surface area contributed by atoms with Crippen molar-refractivity contribution in [2.45, 2.75) is 32.4 Å². The first-order valence-corrected chi connectivity index (χ1v) is 7.58. The van der Waals surface area contributed by atoms with Gasteiger partial charge in [-0.1, -0.05) is 81.4 Å². The molecule has 0 saturated heterocycles. The summed E-state index contributed by atoms with van der Waals surface area (Å²) >= 11 is 0. The maximum atomic E-state index is 4.83. The first-order chi connectivity index (χ1) is 10.0. The van der Waals surface area contributed by atoms with E-state index in [4.69, 9.17) is 5.11 Å².